The Hall–Kier alpha value is -1.70. The van der Waals surface area contributed by atoms with E-state index in [1.807, 2.05) is 4.90 Å². The fourth-order valence-corrected chi connectivity index (χ4v) is 3.87. The van der Waals surface area contributed by atoms with Crippen LogP contribution in [0.1, 0.15) is 30.1 Å². The number of rotatable bonds is 5. The van der Waals surface area contributed by atoms with Gasteiger partial charge in [0.25, 0.3) is 5.91 Å². The number of piperazine rings is 1. The summed E-state index contributed by atoms with van der Waals surface area (Å²) in [6, 6.07) is 6.40. The third kappa shape index (κ3) is 5.90. The van der Waals surface area contributed by atoms with E-state index >= 15 is 0 Å². The van der Waals surface area contributed by atoms with E-state index in [1.54, 1.807) is 12.1 Å². The van der Waals surface area contributed by atoms with Gasteiger partial charge in [-0.25, -0.2) is 4.39 Å². The molecule has 3 rings (SSSR count). The first-order valence-electron chi connectivity index (χ1n) is 9.82. The van der Waals surface area contributed by atoms with Crippen LogP contribution in [0.3, 0.4) is 0 Å². The van der Waals surface area contributed by atoms with Crippen LogP contribution in [0.4, 0.5) is 4.39 Å². The molecule has 0 spiro atoms. The zero-order valence-corrected chi connectivity index (χ0v) is 17.1. The zero-order valence-electron chi connectivity index (χ0n) is 16.3. The van der Waals surface area contributed by atoms with Crippen LogP contribution in [-0.4, -0.2) is 73.5 Å². The normalized spacial score (nSPS) is 23.0. The summed E-state index contributed by atoms with van der Waals surface area (Å²) < 4.78 is 13.6. The fourth-order valence-electron chi connectivity index (χ4n) is 3.87. The fraction of sp³-hybridized carbons (Fsp3) is 0.600. The lowest BCUT2D eigenvalue weighted by Gasteiger charge is -2.38. The van der Waals surface area contributed by atoms with Gasteiger partial charge in [-0.3, -0.25) is 14.5 Å². The van der Waals surface area contributed by atoms with Crippen molar-refractivity contribution in [3.8, 4) is 0 Å². The van der Waals surface area contributed by atoms with Gasteiger partial charge in [0.1, 0.15) is 5.82 Å². The molecular formula is C20H30ClFN4O2. The number of nitrogens with one attached hydrogen (secondary N) is 2. The highest BCUT2D eigenvalue weighted by Gasteiger charge is 2.30. The van der Waals surface area contributed by atoms with E-state index in [2.05, 4.69) is 22.5 Å². The molecule has 2 amide bonds. The van der Waals surface area contributed by atoms with Crippen LogP contribution in [0, 0.1) is 11.7 Å². The molecule has 0 aromatic heterocycles. The van der Waals surface area contributed by atoms with E-state index in [4.69, 9.17) is 0 Å². The maximum absolute atomic E-state index is 13.6. The van der Waals surface area contributed by atoms with Crippen molar-refractivity contribution in [2.75, 3.05) is 45.8 Å². The highest BCUT2D eigenvalue weighted by atomic mass is 35.5. The molecule has 0 saturated carbocycles. The lowest BCUT2D eigenvalue weighted by atomic mass is 9.92. The SMILES string of the molecule is C[C@H]1C[C@@H](C(=O)N2CCN(CCNC(=O)c3ccccc3F)CC2)CCN1.Cl. The first-order valence-corrected chi connectivity index (χ1v) is 9.82. The van der Waals surface area contributed by atoms with Crippen LogP contribution in [-0.2, 0) is 4.79 Å². The molecule has 1 aromatic carbocycles. The minimum absolute atomic E-state index is 0. The average Bonchev–Trinajstić information content (AvgIpc) is 2.68. The Balaban J connectivity index is 0.00000280. The second-order valence-corrected chi connectivity index (χ2v) is 7.48. The maximum Gasteiger partial charge on any atom is 0.254 e. The number of carbonyl (C=O) groups is 2. The first-order chi connectivity index (χ1) is 13.0. The first kappa shape index (κ1) is 22.6. The third-order valence-corrected chi connectivity index (χ3v) is 5.49. The molecule has 6 nitrogen and oxygen atoms in total. The highest BCUT2D eigenvalue weighted by Crippen LogP contribution is 2.19. The van der Waals surface area contributed by atoms with E-state index in [9.17, 15) is 14.0 Å². The molecule has 2 saturated heterocycles. The van der Waals surface area contributed by atoms with Gasteiger partial charge in [-0.2, -0.15) is 0 Å². The summed E-state index contributed by atoms with van der Waals surface area (Å²) in [5.74, 6) is -0.458. The van der Waals surface area contributed by atoms with Crippen LogP contribution >= 0.6 is 12.4 Å². The molecule has 0 aliphatic carbocycles. The molecule has 2 atom stereocenters. The van der Waals surface area contributed by atoms with Crippen molar-refractivity contribution in [1.82, 2.24) is 20.4 Å². The molecule has 28 heavy (non-hydrogen) atoms. The number of halogens is 2. The summed E-state index contributed by atoms with van der Waals surface area (Å²) >= 11 is 0. The molecule has 8 heteroatoms. The van der Waals surface area contributed by atoms with E-state index < -0.39 is 5.82 Å². The number of piperidine rings is 1. The van der Waals surface area contributed by atoms with Gasteiger partial charge in [0.2, 0.25) is 5.91 Å². The van der Waals surface area contributed by atoms with Gasteiger partial charge in [0.05, 0.1) is 5.56 Å². The van der Waals surface area contributed by atoms with E-state index in [1.165, 1.54) is 12.1 Å². The van der Waals surface area contributed by atoms with Crippen LogP contribution in [0.2, 0.25) is 0 Å². The Morgan fingerprint density at radius 2 is 1.93 bits per heavy atom. The molecular weight excluding hydrogens is 383 g/mol. The van der Waals surface area contributed by atoms with Crippen LogP contribution in [0.15, 0.2) is 24.3 Å². The molecule has 0 unspecified atom stereocenters. The number of benzene rings is 1. The lowest BCUT2D eigenvalue weighted by Crippen LogP contribution is -2.53. The summed E-state index contributed by atoms with van der Waals surface area (Å²) in [6.45, 7) is 7.30. The van der Waals surface area contributed by atoms with E-state index in [0.29, 0.717) is 19.1 Å². The van der Waals surface area contributed by atoms with Crippen molar-refractivity contribution in [3.63, 3.8) is 0 Å². The van der Waals surface area contributed by atoms with Gasteiger partial charge in [-0.1, -0.05) is 12.1 Å². The second kappa shape index (κ2) is 10.7. The van der Waals surface area contributed by atoms with E-state index in [-0.39, 0.29) is 35.7 Å². The second-order valence-electron chi connectivity index (χ2n) is 7.48. The minimum Gasteiger partial charge on any atom is -0.351 e. The molecule has 2 fully saturated rings. The number of carbonyl (C=O) groups excluding carboxylic acids is 2. The quantitative estimate of drug-likeness (QED) is 0.769. The number of hydrogen-bond acceptors (Lipinski definition) is 4. The maximum atomic E-state index is 13.6. The van der Waals surface area contributed by atoms with Crippen molar-refractivity contribution in [2.24, 2.45) is 5.92 Å². The van der Waals surface area contributed by atoms with Crippen LogP contribution in [0.25, 0.3) is 0 Å². The van der Waals surface area contributed by atoms with Crippen molar-refractivity contribution < 1.29 is 14.0 Å². The number of nitrogens with zero attached hydrogens (tertiary/aromatic N) is 2. The predicted octanol–water partition coefficient (Wildman–Crippen LogP) is 1.51. The van der Waals surface area contributed by atoms with Crippen molar-refractivity contribution in [2.45, 2.75) is 25.8 Å². The summed E-state index contributed by atoms with van der Waals surface area (Å²) in [6.07, 6.45) is 1.84. The molecule has 2 heterocycles. The predicted molar refractivity (Wildman–Crippen MR) is 109 cm³/mol. The summed E-state index contributed by atoms with van der Waals surface area (Å²) in [4.78, 5) is 28.9. The summed E-state index contributed by atoms with van der Waals surface area (Å²) in [5, 5.41) is 6.16. The molecule has 2 aliphatic rings. The topological polar surface area (TPSA) is 64.7 Å². The monoisotopic (exact) mass is 412 g/mol. The van der Waals surface area contributed by atoms with Crippen molar-refractivity contribution in [3.05, 3.63) is 35.6 Å². The van der Waals surface area contributed by atoms with Gasteiger partial charge >= 0.3 is 0 Å². The molecule has 2 N–H and O–H groups in total. The Morgan fingerprint density at radius 1 is 1.21 bits per heavy atom. The van der Waals surface area contributed by atoms with Crippen molar-refractivity contribution >= 4 is 24.2 Å². The molecule has 156 valence electrons. The average molecular weight is 413 g/mol. The van der Waals surface area contributed by atoms with Gasteiger partial charge in [-0.15, -0.1) is 12.4 Å². The summed E-state index contributed by atoms with van der Waals surface area (Å²) in [7, 11) is 0. The smallest absolute Gasteiger partial charge is 0.254 e. The molecule has 0 bridgehead atoms. The van der Waals surface area contributed by atoms with Gasteiger partial charge in [0.15, 0.2) is 0 Å². The van der Waals surface area contributed by atoms with Crippen molar-refractivity contribution in [1.29, 1.82) is 0 Å². The zero-order chi connectivity index (χ0) is 19.2. The Labute approximate surface area is 172 Å². The number of amides is 2. The van der Waals surface area contributed by atoms with Gasteiger partial charge in [0, 0.05) is 51.2 Å². The highest BCUT2D eigenvalue weighted by molar-refractivity contribution is 5.94. The Kier molecular flexibility index (Phi) is 8.66. The third-order valence-electron chi connectivity index (χ3n) is 5.49. The molecule has 2 aliphatic heterocycles. The van der Waals surface area contributed by atoms with Gasteiger partial charge in [-0.05, 0) is 38.4 Å². The summed E-state index contributed by atoms with van der Waals surface area (Å²) in [5.41, 5.74) is 0.0733. The lowest BCUT2D eigenvalue weighted by molar-refractivity contribution is -0.138. The van der Waals surface area contributed by atoms with Crippen LogP contribution < -0.4 is 10.6 Å². The van der Waals surface area contributed by atoms with E-state index in [0.717, 1.165) is 45.6 Å². The largest absolute Gasteiger partial charge is 0.351 e. The van der Waals surface area contributed by atoms with Gasteiger partial charge < -0.3 is 15.5 Å². The molecule has 0 radical (unpaired) electrons. The van der Waals surface area contributed by atoms with Crippen LogP contribution in [0.5, 0.6) is 0 Å². The standard InChI is InChI=1S/C20H29FN4O2.ClH/c1-15-14-16(6-7-22-15)20(27)25-12-10-24(11-13-25)9-8-23-19(26)17-4-2-3-5-18(17)21;/h2-5,15-16,22H,6-14H2,1H3,(H,23,26);1H/t15-,16-;/m0./s1. The Morgan fingerprint density at radius 3 is 2.61 bits per heavy atom. The Bertz CT molecular complexity index is 667. The minimum atomic E-state index is -0.505. The molecule has 1 aromatic rings. The number of hydrogen-bond donors (Lipinski definition) is 2.